The van der Waals surface area contributed by atoms with Gasteiger partial charge in [0.2, 0.25) is 0 Å². The second kappa shape index (κ2) is 6.07. The fourth-order valence-corrected chi connectivity index (χ4v) is 2.45. The number of halogens is 2. The Hall–Kier alpha value is -1.26. The molecule has 1 atom stereocenters. The number of rotatable bonds is 4. The molecule has 0 aliphatic heterocycles. The Kier molecular flexibility index (Phi) is 4.44. The third-order valence-corrected chi connectivity index (χ3v) is 3.70. The Labute approximate surface area is 114 Å². The van der Waals surface area contributed by atoms with Gasteiger partial charge in [-0.2, -0.15) is 0 Å². The number of aromatic nitrogens is 1. The smallest absolute Gasteiger partial charge is 0.137 e. The topological polar surface area (TPSA) is 24.9 Å². The zero-order valence-electron chi connectivity index (χ0n) is 10.0. The molecule has 0 aliphatic carbocycles. The summed E-state index contributed by atoms with van der Waals surface area (Å²) in [5, 5.41) is 3.21. The van der Waals surface area contributed by atoms with Crippen molar-refractivity contribution >= 4 is 15.9 Å². The van der Waals surface area contributed by atoms with Crippen molar-refractivity contribution in [3.63, 3.8) is 0 Å². The molecular formula is C14H14BrFN2. The van der Waals surface area contributed by atoms with Crippen LogP contribution in [-0.2, 0) is 6.42 Å². The Morgan fingerprint density at radius 1 is 1.33 bits per heavy atom. The van der Waals surface area contributed by atoms with Gasteiger partial charge in [-0.1, -0.05) is 18.2 Å². The zero-order chi connectivity index (χ0) is 13.0. The SMILES string of the molecule is CNC(Cc1cccnc1)c1cccc(F)c1Br. The van der Waals surface area contributed by atoms with Gasteiger partial charge in [0.1, 0.15) is 5.82 Å². The number of likely N-dealkylation sites (N-methyl/N-ethyl adjacent to an activating group) is 1. The average Bonchev–Trinajstić information content (AvgIpc) is 2.41. The summed E-state index contributed by atoms with van der Waals surface area (Å²) in [6.45, 7) is 0. The Morgan fingerprint density at radius 3 is 2.83 bits per heavy atom. The summed E-state index contributed by atoms with van der Waals surface area (Å²) in [5.41, 5.74) is 2.04. The van der Waals surface area contributed by atoms with Gasteiger partial charge in [-0.3, -0.25) is 4.98 Å². The maximum absolute atomic E-state index is 13.5. The van der Waals surface area contributed by atoms with E-state index in [0.717, 1.165) is 17.5 Å². The van der Waals surface area contributed by atoms with E-state index in [-0.39, 0.29) is 11.9 Å². The van der Waals surface area contributed by atoms with Crippen molar-refractivity contribution in [2.24, 2.45) is 0 Å². The number of pyridine rings is 1. The van der Waals surface area contributed by atoms with E-state index in [2.05, 4.69) is 26.2 Å². The molecule has 4 heteroatoms. The first-order valence-electron chi connectivity index (χ1n) is 5.72. The molecule has 0 fully saturated rings. The highest BCUT2D eigenvalue weighted by atomic mass is 79.9. The van der Waals surface area contributed by atoms with Crippen LogP contribution in [0.2, 0.25) is 0 Å². The van der Waals surface area contributed by atoms with E-state index < -0.39 is 0 Å². The second-order valence-electron chi connectivity index (χ2n) is 4.05. The van der Waals surface area contributed by atoms with Gasteiger partial charge < -0.3 is 5.32 Å². The van der Waals surface area contributed by atoms with Gasteiger partial charge >= 0.3 is 0 Å². The summed E-state index contributed by atoms with van der Waals surface area (Å²) in [5.74, 6) is -0.237. The lowest BCUT2D eigenvalue weighted by Crippen LogP contribution is -2.19. The van der Waals surface area contributed by atoms with Crippen molar-refractivity contribution in [3.05, 3.63) is 64.1 Å². The van der Waals surface area contributed by atoms with E-state index in [0.29, 0.717) is 4.47 Å². The van der Waals surface area contributed by atoms with Gasteiger partial charge in [0, 0.05) is 18.4 Å². The highest BCUT2D eigenvalue weighted by molar-refractivity contribution is 9.10. The predicted molar refractivity (Wildman–Crippen MR) is 73.8 cm³/mol. The van der Waals surface area contributed by atoms with Crippen molar-refractivity contribution in [1.29, 1.82) is 0 Å². The molecule has 94 valence electrons. The number of hydrogen-bond donors (Lipinski definition) is 1. The van der Waals surface area contributed by atoms with Crippen molar-refractivity contribution in [1.82, 2.24) is 10.3 Å². The lowest BCUT2D eigenvalue weighted by molar-refractivity contribution is 0.570. The van der Waals surface area contributed by atoms with E-state index >= 15 is 0 Å². The van der Waals surface area contributed by atoms with E-state index in [4.69, 9.17) is 0 Å². The van der Waals surface area contributed by atoms with Crippen LogP contribution in [0.15, 0.2) is 47.2 Å². The number of hydrogen-bond acceptors (Lipinski definition) is 2. The standard InChI is InChI=1S/C14H14BrFN2/c1-17-13(8-10-4-3-7-18-9-10)11-5-2-6-12(16)14(11)15/h2-7,9,13,17H,8H2,1H3. The summed E-state index contributed by atoms with van der Waals surface area (Å²) in [6, 6.07) is 9.07. The predicted octanol–water partition coefficient (Wildman–Crippen LogP) is 3.49. The van der Waals surface area contributed by atoms with E-state index in [9.17, 15) is 4.39 Å². The quantitative estimate of drug-likeness (QED) is 0.935. The third-order valence-electron chi connectivity index (χ3n) is 2.87. The molecule has 1 aromatic carbocycles. The normalized spacial score (nSPS) is 12.4. The minimum atomic E-state index is -0.237. The molecule has 1 heterocycles. The lowest BCUT2D eigenvalue weighted by atomic mass is 10.00. The van der Waals surface area contributed by atoms with Gasteiger partial charge in [0.25, 0.3) is 0 Å². The summed E-state index contributed by atoms with van der Waals surface area (Å²) in [6.07, 6.45) is 4.35. The molecule has 0 spiro atoms. The molecular weight excluding hydrogens is 295 g/mol. The molecule has 0 bridgehead atoms. The van der Waals surface area contributed by atoms with Gasteiger partial charge in [-0.05, 0) is 52.7 Å². The minimum Gasteiger partial charge on any atom is -0.313 e. The minimum absolute atomic E-state index is 0.0549. The fourth-order valence-electron chi connectivity index (χ4n) is 1.91. The molecule has 18 heavy (non-hydrogen) atoms. The molecule has 2 nitrogen and oxygen atoms in total. The highest BCUT2D eigenvalue weighted by Crippen LogP contribution is 2.27. The lowest BCUT2D eigenvalue weighted by Gasteiger charge is -2.18. The first kappa shape index (κ1) is 13.2. The van der Waals surface area contributed by atoms with Gasteiger partial charge in [-0.15, -0.1) is 0 Å². The van der Waals surface area contributed by atoms with Crippen LogP contribution < -0.4 is 5.32 Å². The molecule has 2 aromatic rings. The number of benzene rings is 1. The van der Waals surface area contributed by atoms with Crippen LogP contribution >= 0.6 is 15.9 Å². The molecule has 1 N–H and O–H groups in total. The average molecular weight is 309 g/mol. The Bertz CT molecular complexity index is 516. The molecule has 0 saturated heterocycles. The van der Waals surface area contributed by atoms with Crippen LogP contribution in [0.25, 0.3) is 0 Å². The van der Waals surface area contributed by atoms with Crippen molar-refractivity contribution < 1.29 is 4.39 Å². The van der Waals surface area contributed by atoms with Crippen LogP contribution in [0.4, 0.5) is 4.39 Å². The van der Waals surface area contributed by atoms with Gasteiger partial charge in [-0.25, -0.2) is 4.39 Å². The first-order valence-corrected chi connectivity index (χ1v) is 6.51. The first-order chi connectivity index (χ1) is 8.72. The van der Waals surface area contributed by atoms with E-state index in [1.165, 1.54) is 6.07 Å². The maximum atomic E-state index is 13.5. The molecule has 0 radical (unpaired) electrons. The van der Waals surface area contributed by atoms with Crippen molar-refractivity contribution in [3.8, 4) is 0 Å². The molecule has 0 saturated carbocycles. The zero-order valence-corrected chi connectivity index (χ0v) is 11.6. The molecule has 0 aliphatic rings. The van der Waals surface area contributed by atoms with Crippen molar-refractivity contribution in [2.75, 3.05) is 7.05 Å². The number of nitrogens with zero attached hydrogens (tertiary/aromatic N) is 1. The third kappa shape index (κ3) is 2.94. The second-order valence-corrected chi connectivity index (χ2v) is 4.84. The molecule has 1 aromatic heterocycles. The fraction of sp³-hybridized carbons (Fsp3) is 0.214. The summed E-state index contributed by atoms with van der Waals surface area (Å²) >= 11 is 3.30. The largest absolute Gasteiger partial charge is 0.313 e. The van der Waals surface area contributed by atoms with Crippen molar-refractivity contribution in [2.45, 2.75) is 12.5 Å². The monoisotopic (exact) mass is 308 g/mol. The summed E-state index contributed by atoms with van der Waals surface area (Å²) in [7, 11) is 1.87. The van der Waals surface area contributed by atoms with Crippen LogP contribution in [0.1, 0.15) is 17.2 Å². The van der Waals surface area contributed by atoms with E-state index in [1.54, 1.807) is 12.3 Å². The van der Waals surface area contributed by atoms with Crippen LogP contribution in [0.3, 0.4) is 0 Å². The molecule has 2 rings (SSSR count). The van der Waals surface area contributed by atoms with E-state index in [1.807, 2.05) is 31.4 Å². The van der Waals surface area contributed by atoms with Gasteiger partial charge in [0.05, 0.1) is 4.47 Å². The van der Waals surface area contributed by atoms with Gasteiger partial charge in [0.15, 0.2) is 0 Å². The maximum Gasteiger partial charge on any atom is 0.137 e. The molecule has 0 amide bonds. The summed E-state index contributed by atoms with van der Waals surface area (Å²) in [4.78, 5) is 4.09. The Balaban J connectivity index is 2.26. The summed E-state index contributed by atoms with van der Waals surface area (Å²) < 4.78 is 14.0. The Morgan fingerprint density at radius 2 is 2.17 bits per heavy atom. The van der Waals surface area contributed by atoms with Crippen LogP contribution in [0, 0.1) is 5.82 Å². The van der Waals surface area contributed by atoms with Crippen LogP contribution in [0.5, 0.6) is 0 Å². The molecule has 1 unspecified atom stereocenters. The highest BCUT2D eigenvalue weighted by Gasteiger charge is 2.15. The van der Waals surface area contributed by atoms with Crippen LogP contribution in [-0.4, -0.2) is 12.0 Å². The number of nitrogens with one attached hydrogen (secondary N) is 1.